The Morgan fingerprint density at radius 1 is 1.05 bits per heavy atom. The number of aryl methyl sites for hydroxylation is 1. The Kier molecular flexibility index (Phi) is 4.04. The molecule has 1 atom stereocenters. The molecule has 0 amide bonds. The maximum Gasteiger partial charge on any atom is 0.124 e. The summed E-state index contributed by atoms with van der Waals surface area (Å²) in [4.78, 5) is 1.11. The van der Waals surface area contributed by atoms with Crippen molar-refractivity contribution in [3.05, 3.63) is 70.4 Å². The van der Waals surface area contributed by atoms with Gasteiger partial charge in [-0.15, -0.1) is 11.3 Å². The standard InChI is InChI=1S/C18H18FNS/c1-2-12-3-5-13(6-4-12)9-16(20)18-10-14-7-8-15(19)11-17(14)21-18/h3-8,10-11,16H,2,9,20H2,1H3. The predicted molar refractivity (Wildman–Crippen MR) is 88.2 cm³/mol. The molecule has 1 nitrogen and oxygen atoms in total. The highest BCUT2D eigenvalue weighted by molar-refractivity contribution is 7.19. The highest BCUT2D eigenvalue weighted by atomic mass is 32.1. The van der Waals surface area contributed by atoms with E-state index in [1.807, 2.05) is 6.07 Å². The van der Waals surface area contributed by atoms with Gasteiger partial charge in [0.2, 0.25) is 0 Å². The molecule has 0 saturated carbocycles. The van der Waals surface area contributed by atoms with E-state index >= 15 is 0 Å². The Bertz CT molecular complexity index is 746. The normalized spacial score (nSPS) is 12.7. The minimum atomic E-state index is -0.195. The largest absolute Gasteiger partial charge is 0.323 e. The van der Waals surface area contributed by atoms with Crippen LogP contribution in [0.5, 0.6) is 0 Å². The number of hydrogen-bond donors (Lipinski definition) is 1. The minimum absolute atomic E-state index is 0.0436. The fourth-order valence-electron chi connectivity index (χ4n) is 2.47. The van der Waals surface area contributed by atoms with E-state index in [0.29, 0.717) is 0 Å². The second kappa shape index (κ2) is 5.96. The lowest BCUT2D eigenvalue weighted by atomic mass is 10.0. The van der Waals surface area contributed by atoms with Crippen molar-refractivity contribution in [1.82, 2.24) is 0 Å². The number of nitrogens with two attached hydrogens (primary N) is 1. The van der Waals surface area contributed by atoms with E-state index in [-0.39, 0.29) is 11.9 Å². The van der Waals surface area contributed by atoms with Gasteiger partial charge in [0, 0.05) is 15.6 Å². The quantitative estimate of drug-likeness (QED) is 0.732. The second-order valence-electron chi connectivity index (χ2n) is 5.31. The molecule has 0 radical (unpaired) electrons. The molecule has 0 spiro atoms. The van der Waals surface area contributed by atoms with E-state index < -0.39 is 0 Å². The summed E-state index contributed by atoms with van der Waals surface area (Å²) in [7, 11) is 0. The molecule has 1 heterocycles. The van der Waals surface area contributed by atoms with E-state index in [1.54, 1.807) is 17.4 Å². The van der Waals surface area contributed by atoms with Crippen LogP contribution in [-0.2, 0) is 12.8 Å². The van der Waals surface area contributed by atoms with E-state index in [2.05, 4.69) is 37.3 Å². The molecule has 1 aromatic heterocycles. The van der Waals surface area contributed by atoms with Gasteiger partial charge in [0.15, 0.2) is 0 Å². The lowest BCUT2D eigenvalue weighted by Crippen LogP contribution is -2.11. The third-order valence-corrected chi connectivity index (χ3v) is 4.98. The SMILES string of the molecule is CCc1ccc(CC(N)c2cc3ccc(F)cc3s2)cc1. The first kappa shape index (κ1) is 14.2. The molecule has 0 aliphatic carbocycles. The molecule has 0 aliphatic heterocycles. The van der Waals surface area contributed by atoms with Gasteiger partial charge in [0.25, 0.3) is 0 Å². The van der Waals surface area contributed by atoms with Gasteiger partial charge in [0.1, 0.15) is 5.82 Å². The first-order chi connectivity index (χ1) is 10.2. The summed E-state index contributed by atoms with van der Waals surface area (Å²) < 4.78 is 14.2. The highest BCUT2D eigenvalue weighted by Gasteiger charge is 2.11. The van der Waals surface area contributed by atoms with Crippen LogP contribution in [0.15, 0.2) is 48.5 Å². The van der Waals surface area contributed by atoms with E-state index in [4.69, 9.17) is 5.73 Å². The summed E-state index contributed by atoms with van der Waals surface area (Å²) in [5.74, 6) is -0.195. The zero-order chi connectivity index (χ0) is 14.8. The van der Waals surface area contributed by atoms with Gasteiger partial charge >= 0.3 is 0 Å². The predicted octanol–water partition coefficient (Wildman–Crippen LogP) is 4.85. The van der Waals surface area contributed by atoms with Crippen LogP contribution in [0.25, 0.3) is 10.1 Å². The third-order valence-electron chi connectivity index (χ3n) is 3.75. The molecule has 3 heteroatoms. The average molecular weight is 299 g/mol. The van der Waals surface area contributed by atoms with Crippen molar-refractivity contribution in [2.75, 3.05) is 0 Å². The van der Waals surface area contributed by atoms with Gasteiger partial charge in [0.05, 0.1) is 0 Å². The van der Waals surface area contributed by atoms with Crippen LogP contribution >= 0.6 is 11.3 Å². The van der Waals surface area contributed by atoms with Gasteiger partial charge in [-0.2, -0.15) is 0 Å². The zero-order valence-corrected chi connectivity index (χ0v) is 12.8. The van der Waals surface area contributed by atoms with Crippen molar-refractivity contribution in [3.63, 3.8) is 0 Å². The van der Waals surface area contributed by atoms with Gasteiger partial charge in [-0.1, -0.05) is 37.3 Å². The number of benzene rings is 2. The summed E-state index contributed by atoms with van der Waals surface area (Å²) in [6.45, 7) is 2.15. The fourth-order valence-corrected chi connectivity index (χ4v) is 3.56. The number of thiophene rings is 1. The van der Waals surface area contributed by atoms with Crippen LogP contribution in [0.3, 0.4) is 0 Å². The number of halogens is 1. The molecule has 2 aromatic carbocycles. The molecule has 0 aliphatic rings. The Balaban J connectivity index is 1.80. The number of rotatable bonds is 4. The van der Waals surface area contributed by atoms with Gasteiger partial charge < -0.3 is 5.73 Å². The van der Waals surface area contributed by atoms with Crippen molar-refractivity contribution in [3.8, 4) is 0 Å². The van der Waals surface area contributed by atoms with Crippen LogP contribution in [-0.4, -0.2) is 0 Å². The summed E-state index contributed by atoms with van der Waals surface area (Å²) in [5, 5.41) is 1.06. The molecular weight excluding hydrogens is 281 g/mol. The first-order valence-corrected chi connectivity index (χ1v) is 7.99. The van der Waals surface area contributed by atoms with Crippen molar-refractivity contribution < 1.29 is 4.39 Å². The van der Waals surface area contributed by atoms with Crippen LogP contribution < -0.4 is 5.73 Å². The number of fused-ring (bicyclic) bond motifs is 1. The monoisotopic (exact) mass is 299 g/mol. The van der Waals surface area contributed by atoms with Crippen LogP contribution in [0.2, 0.25) is 0 Å². The summed E-state index contributed by atoms with van der Waals surface area (Å²) in [5.41, 5.74) is 8.89. The summed E-state index contributed by atoms with van der Waals surface area (Å²) in [6.07, 6.45) is 1.85. The molecule has 0 saturated heterocycles. The molecule has 0 bridgehead atoms. The van der Waals surface area contributed by atoms with Crippen LogP contribution in [0.4, 0.5) is 4.39 Å². The molecule has 2 N–H and O–H groups in total. The molecule has 0 fully saturated rings. The molecule has 1 unspecified atom stereocenters. The molecule has 3 rings (SSSR count). The Hall–Kier alpha value is -1.71. The summed E-state index contributed by atoms with van der Waals surface area (Å²) in [6, 6.07) is 15.5. The van der Waals surface area contributed by atoms with E-state index in [1.165, 1.54) is 17.2 Å². The molecule has 108 valence electrons. The Morgan fingerprint density at radius 3 is 2.48 bits per heavy atom. The van der Waals surface area contributed by atoms with Crippen LogP contribution in [0, 0.1) is 5.82 Å². The maximum absolute atomic E-state index is 13.2. The Labute approximate surface area is 128 Å². The first-order valence-electron chi connectivity index (χ1n) is 7.18. The van der Waals surface area contributed by atoms with Crippen molar-refractivity contribution in [2.24, 2.45) is 5.73 Å². The number of hydrogen-bond acceptors (Lipinski definition) is 2. The van der Waals surface area contributed by atoms with Gasteiger partial charge in [-0.25, -0.2) is 4.39 Å². The highest BCUT2D eigenvalue weighted by Crippen LogP contribution is 2.31. The van der Waals surface area contributed by atoms with Crippen molar-refractivity contribution >= 4 is 21.4 Å². The lowest BCUT2D eigenvalue weighted by Gasteiger charge is -2.10. The van der Waals surface area contributed by atoms with E-state index in [0.717, 1.165) is 27.8 Å². The topological polar surface area (TPSA) is 26.0 Å². The van der Waals surface area contributed by atoms with Crippen molar-refractivity contribution in [2.45, 2.75) is 25.8 Å². The smallest absolute Gasteiger partial charge is 0.124 e. The molecular formula is C18H18FNS. The zero-order valence-electron chi connectivity index (χ0n) is 12.0. The summed E-state index contributed by atoms with van der Waals surface area (Å²) >= 11 is 1.58. The average Bonchev–Trinajstić information content (AvgIpc) is 2.91. The maximum atomic E-state index is 13.2. The fraction of sp³-hybridized carbons (Fsp3) is 0.222. The van der Waals surface area contributed by atoms with Gasteiger partial charge in [-0.3, -0.25) is 0 Å². The second-order valence-corrected chi connectivity index (χ2v) is 6.43. The molecule has 21 heavy (non-hydrogen) atoms. The van der Waals surface area contributed by atoms with Crippen LogP contribution in [0.1, 0.15) is 29.0 Å². The van der Waals surface area contributed by atoms with Crippen molar-refractivity contribution in [1.29, 1.82) is 0 Å². The molecule has 3 aromatic rings. The third kappa shape index (κ3) is 3.14. The van der Waals surface area contributed by atoms with E-state index in [9.17, 15) is 4.39 Å². The Morgan fingerprint density at radius 2 is 1.76 bits per heavy atom. The van der Waals surface area contributed by atoms with Gasteiger partial charge in [-0.05, 0) is 47.6 Å². The minimum Gasteiger partial charge on any atom is -0.323 e. The lowest BCUT2D eigenvalue weighted by molar-refractivity contribution is 0.630.